The average Bonchev–Trinajstić information content (AvgIpc) is 2.93. The number of aryl methyl sites for hydroxylation is 2. The average molecular weight is 335 g/mol. The van der Waals surface area contributed by atoms with Crippen LogP contribution < -0.4 is 5.73 Å². The van der Waals surface area contributed by atoms with E-state index in [0.717, 1.165) is 41.9 Å². The first-order chi connectivity index (χ1) is 9.58. The third kappa shape index (κ3) is 2.36. The van der Waals surface area contributed by atoms with Crippen molar-refractivity contribution in [3.63, 3.8) is 0 Å². The molecule has 106 valence electrons. The standard InChI is InChI=1S/C15H19BrN4/c1-3-13-15(16)14(19(2)18-13)9-20-7-10-4-5-12(17)6-11(10)8-20/h4-6H,3,7-9,17H2,1-2H3. The van der Waals surface area contributed by atoms with E-state index in [1.54, 1.807) is 0 Å². The van der Waals surface area contributed by atoms with E-state index in [9.17, 15) is 0 Å². The Labute approximate surface area is 127 Å². The van der Waals surface area contributed by atoms with Gasteiger partial charge in [0.05, 0.1) is 15.9 Å². The van der Waals surface area contributed by atoms with Gasteiger partial charge in [-0.05, 0) is 45.6 Å². The second-order valence-corrected chi connectivity index (χ2v) is 6.15. The summed E-state index contributed by atoms with van der Waals surface area (Å²) in [4.78, 5) is 2.42. The summed E-state index contributed by atoms with van der Waals surface area (Å²) in [5.41, 5.74) is 11.8. The van der Waals surface area contributed by atoms with E-state index in [1.165, 1.54) is 16.8 Å². The molecule has 1 aromatic carbocycles. The van der Waals surface area contributed by atoms with E-state index in [-0.39, 0.29) is 0 Å². The molecule has 0 unspecified atom stereocenters. The topological polar surface area (TPSA) is 47.1 Å². The number of aromatic nitrogens is 2. The van der Waals surface area contributed by atoms with E-state index in [1.807, 2.05) is 17.8 Å². The van der Waals surface area contributed by atoms with Crippen LogP contribution in [0.4, 0.5) is 5.69 Å². The molecule has 3 rings (SSSR count). The van der Waals surface area contributed by atoms with Crippen molar-refractivity contribution in [1.82, 2.24) is 14.7 Å². The first-order valence-corrected chi connectivity index (χ1v) is 7.67. The Morgan fingerprint density at radius 1 is 1.30 bits per heavy atom. The molecule has 1 aromatic heterocycles. The Hall–Kier alpha value is -1.33. The molecule has 0 radical (unpaired) electrons. The largest absolute Gasteiger partial charge is 0.399 e. The number of hydrogen-bond donors (Lipinski definition) is 1. The summed E-state index contributed by atoms with van der Waals surface area (Å²) in [7, 11) is 2.01. The highest BCUT2D eigenvalue weighted by molar-refractivity contribution is 9.10. The zero-order valence-corrected chi connectivity index (χ0v) is 13.4. The van der Waals surface area contributed by atoms with E-state index in [4.69, 9.17) is 5.73 Å². The van der Waals surface area contributed by atoms with Crippen molar-refractivity contribution in [3.8, 4) is 0 Å². The van der Waals surface area contributed by atoms with Crippen molar-refractivity contribution in [2.24, 2.45) is 7.05 Å². The summed E-state index contributed by atoms with van der Waals surface area (Å²) in [5, 5.41) is 4.56. The lowest BCUT2D eigenvalue weighted by Gasteiger charge is -2.15. The number of benzene rings is 1. The Kier molecular flexibility index (Phi) is 3.56. The Bertz CT molecular complexity index is 648. The van der Waals surface area contributed by atoms with Gasteiger partial charge in [-0.15, -0.1) is 0 Å². The quantitative estimate of drug-likeness (QED) is 0.878. The van der Waals surface area contributed by atoms with Crippen LogP contribution in [0.15, 0.2) is 22.7 Å². The summed E-state index contributed by atoms with van der Waals surface area (Å²) < 4.78 is 3.14. The van der Waals surface area contributed by atoms with E-state index in [0.29, 0.717) is 0 Å². The van der Waals surface area contributed by atoms with Crippen LogP contribution in [0.1, 0.15) is 29.4 Å². The zero-order chi connectivity index (χ0) is 14.3. The number of halogens is 1. The third-order valence-corrected chi connectivity index (χ3v) is 4.81. The lowest BCUT2D eigenvalue weighted by Crippen LogP contribution is -2.18. The van der Waals surface area contributed by atoms with E-state index < -0.39 is 0 Å². The van der Waals surface area contributed by atoms with Gasteiger partial charge in [0.1, 0.15) is 0 Å². The van der Waals surface area contributed by atoms with Crippen LogP contribution >= 0.6 is 15.9 Å². The van der Waals surface area contributed by atoms with Gasteiger partial charge in [-0.2, -0.15) is 5.10 Å². The van der Waals surface area contributed by atoms with Crippen LogP contribution in [0.5, 0.6) is 0 Å². The van der Waals surface area contributed by atoms with Gasteiger partial charge in [0.25, 0.3) is 0 Å². The third-order valence-electron chi connectivity index (χ3n) is 3.89. The monoisotopic (exact) mass is 334 g/mol. The van der Waals surface area contributed by atoms with Crippen molar-refractivity contribution in [3.05, 3.63) is 45.2 Å². The highest BCUT2D eigenvalue weighted by Crippen LogP contribution is 2.29. The number of nitrogens with zero attached hydrogens (tertiary/aromatic N) is 3. The Morgan fingerprint density at radius 3 is 2.75 bits per heavy atom. The molecule has 20 heavy (non-hydrogen) atoms. The lowest BCUT2D eigenvalue weighted by molar-refractivity contribution is 0.267. The molecule has 0 saturated heterocycles. The summed E-state index contributed by atoms with van der Waals surface area (Å²) in [6.45, 7) is 4.97. The maximum Gasteiger partial charge on any atom is 0.0767 e. The fourth-order valence-electron chi connectivity index (χ4n) is 2.80. The van der Waals surface area contributed by atoms with E-state index >= 15 is 0 Å². The first-order valence-electron chi connectivity index (χ1n) is 6.88. The van der Waals surface area contributed by atoms with Crippen molar-refractivity contribution >= 4 is 21.6 Å². The predicted molar refractivity (Wildman–Crippen MR) is 84.1 cm³/mol. The molecule has 0 saturated carbocycles. The highest BCUT2D eigenvalue weighted by atomic mass is 79.9. The molecule has 1 aliphatic rings. The van der Waals surface area contributed by atoms with Gasteiger partial charge in [-0.3, -0.25) is 9.58 Å². The van der Waals surface area contributed by atoms with Gasteiger partial charge in [-0.25, -0.2) is 0 Å². The number of nitrogen functional groups attached to an aromatic ring is 1. The van der Waals surface area contributed by atoms with Crippen LogP contribution in [-0.4, -0.2) is 14.7 Å². The molecular weight excluding hydrogens is 316 g/mol. The molecule has 2 N–H and O–H groups in total. The number of hydrogen-bond acceptors (Lipinski definition) is 3. The molecular formula is C15H19BrN4. The summed E-state index contributed by atoms with van der Waals surface area (Å²) in [6.07, 6.45) is 0.950. The number of nitrogens with two attached hydrogens (primary N) is 1. The molecule has 5 heteroatoms. The molecule has 4 nitrogen and oxygen atoms in total. The second-order valence-electron chi connectivity index (χ2n) is 5.36. The minimum atomic E-state index is 0.848. The SMILES string of the molecule is CCc1nn(C)c(CN2Cc3ccc(N)cc3C2)c1Br. The maximum absolute atomic E-state index is 5.86. The van der Waals surface area contributed by atoms with Gasteiger partial charge in [0.2, 0.25) is 0 Å². The van der Waals surface area contributed by atoms with Crippen molar-refractivity contribution in [2.75, 3.05) is 5.73 Å². The number of fused-ring (bicyclic) bond motifs is 1. The van der Waals surface area contributed by atoms with Crippen LogP contribution in [0.25, 0.3) is 0 Å². The fraction of sp³-hybridized carbons (Fsp3) is 0.400. The molecule has 0 atom stereocenters. The van der Waals surface area contributed by atoms with Gasteiger partial charge in [-0.1, -0.05) is 13.0 Å². The van der Waals surface area contributed by atoms with Crippen LogP contribution in [0, 0.1) is 0 Å². The zero-order valence-electron chi connectivity index (χ0n) is 11.9. The van der Waals surface area contributed by atoms with Gasteiger partial charge in [0.15, 0.2) is 0 Å². The smallest absolute Gasteiger partial charge is 0.0767 e. The molecule has 1 aliphatic heterocycles. The fourth-order valence-corrected chi connectivity index (χ4v) is 3.54. The van der Waals surface area contributed by atoms with Gasteiger partial charge < -0.3 is 5.73 Å². The molecule has 0 spiro atoms. The molecule has 0 amide bonds. The van der Waals surface area contributed by atoms with Crippen LogP contribution in [0.2, 0.25) is 0 Å². The Morgan fingerprint density at radius 2 is 2.05 bits per heavy atom. The van der Waals surface area contributed by atoms with Crippen molar-refractivity contribution < 1.29 is 0 Å². The number of anilines is 1. The minimum Gasteiger partial charge on any atom is -0.399 e. The summed E-state index contributed by atoms with van der Waals surface area (Å²) in [5.74, 6) is 0. The summed E-state index contributed by atoms with van der Waals surface area (Å²) >= 11 is 3.69. The molecule has 0 aliphatic carbocycles. The number of rotatable bonds is 3. The highest BCUT2D eigenvalue weighted by Gasteiger charge is 2.22. The van der Waals surface area contributed by atoms with Crippen molar-refractivity contribution in [1.29, 1.82) is 0 Å². The molecule has 0 bridgehead atoms. The minimum absolute atomic E-state index is 0.848. The molecule has 0 fully saturated rings. The van der Waals surface area contributed by atoms with Crippen molar-refractivity contribution in [2.45, 2.75) is 33.0 Å². The first kappa shape index (κ1) is 13.6. The van der Waals surface area contributed by atoms with Gasteiger partial charge in [0, 0.05) is 32.4 Å². The maximum atomic E-state index is 5.86. The predicted octanol–water partition coefficient (Wildman–Crippen LogP) is 2.84. The van der Waals surface area contributed by atoms with E-state index in [2.05, 4.69) is 45.0 Å². The Balaban J connectivity index is 1.80. The van der Waals surface area contributed by atoms with Gasteiger partial charge >= 0.3 is 0 Å². The normalized spacial score (nSPS) is 14.8. The summed E-state index contributed by atoms with van der Waals surface area (Å²) in [6, 6.07) is 6.21. The molecule has 2 aromatic rings. The second kappa shape index (κ2) is 5.22. The molecule has 2 heterocycles. The lowest BCUT2D eigenvalue weighted by atomic mass is 10.1. The van der Waals surface area contributed by atoms with Crippen LogP contribution in [-0.2, 0) is 33.1 Å². The van der Waals surface area contributed by atoms with Crippen LogP contribution in [0.3, 0.4) is 0 Å².